The predicted molar refractivity (Wildman–Crippen MR) is 90.2 cm³/mol. The molecule has 2 aromatic carbocycles. The number of methoxy groups -OCH3 is 1. The quantitative estimate of drug-likeness (QED) is 0.625. The van der Waals surface area contributed by atoms with Crippen molar-refractivity contribution >= 4 is 23.3 Å². The van der Waals surface area contributed by atoms with Gasteiger partial charge in [0, 0.05) is 36.4 Å². The van der Waals surface area contributed by atoms with Gasteiger partial charge in [-0.05, 0) is 36.8 Å². The van der Waals surface area contributed by atoms with Crippen molar-refractivity contribution in [2.75, 3.05) is 20.3 Å². The first-order valence-electron chi connectivity index (χ1n) is 7.30. The third-order valence-corrected chi connectivity index (χ3v) is 3.59. The third-order valence-electron chi connectivity index (χ3n) is 3.33. The topological polar surface area (TPSA) is 55.4 Å². The maximum atomic E-state index is 12.6. The van der Waals surface area contributed by atoms with Gasteiger partial charge < -0.3 is 10.1 Å². The number of hydrogen-bond acceptors (Lipinski definition) is 3. The Morgan fingerprint density at radius 3 is 2.35 bits per heavy atom. The van der Waals surface area contributed by atoms with Gasteiger partial charge in [0.25, 0.3) is 5.91 Å². The minimum atomic E-state index is -0.265. The maximum absolute atomic E-state index is 12.6. The zero-order valence-corrected chi connectivity index (χ0v) is 13.6. The molecular weight excluding hydrogens is 314 g/mol. The predicted octanol–water partition coefficient (Wildman–Crippen LogP) is 3.34. The summed E-state index contributed by atoms with van der Waals surface area (Å²) in [5.74, 6) is -0.469. The Balaban J connectivity index is 2.18. The molecule has 4 nitrogen and oxygen atoms in total. The van der Waals surface area contributed by atoms with Crippen molar-refractivity contribution in [2.24, 2.45) is 0 Å². The van der Waals surface area contributed by atoms with Crippen LogP contribution in [0, 0.1) is 0 Å². The molecular formula is C18H18ClNO3. The largest absolute Gasteiger partial charge is 0.385 e. The molecule has 0 saturated carbocycles. The van der Waals surface area contributed by atoms with E-state index in [1.54, 1.807) is 55.6 Å². The molecule has 2 rings (SSSR count). The lowest BCUT2D eigenvalue weighted by atomic mass is 9.98. The Bertz CT molecular complexity index is 683. The second-order valence-corrected chi connectivity index (χ2v) is 5.42. The maximum Gasteiger partial charge on any atom is 0.252 e. The number of hydrogen-bond donors (Lipinski definition) is 1. The summed E-state index contributed by atoms with van der Waals surface area (Å²) in [5, 5.41) is 3.36. The molecule has 0 radical (unpaired) electrons. The highest BCUT2D eigenvalue weighted by atomic mass is 35.5. The van der Waals surface area contributed by atoms with Gasteiger partial charge in [-0.2, -0.15) is 0 Å². The normalized spacial score (nSPS) is 10.3. The summed E-state index contributed by atoms with van der Waals surface area (Å²) in [7, 11) is 1.61. The number of ketones is 1. The lowest BCUT2D eigenvalue weighted by Gasteiger charge is -2.09. The second kappa shape index (κ2) is 8.46. The third kappa shape index (κ3) is 4.65. The van der Waals surface area contributed by atoms with E-state index in [4.69, 9.17) is 16.3 Å². The number of rotatable bonds is 7. The first-order chi connectivity index (χ1) is 11.1. The highest BCUT2D eigenvalue weighted by molar-refractivity contribution is 6.30. The van der Waals surface area contributed by atoms with Gasteiger partial charge in [-0.15, -0.1) is 0 Å². The van der Waals surface area contributed by atoms with E-state index in [0.29, 0.717) is 34.9 Å². The molecule has 0 heterocycles. The van der Waals surface area contributed by atoms with Gasteiger partial charge in [0.1, 0.15) is 0 Å². The Morgan fingerprint density at radius 2 is 1.70 bits per heavy atom. The van der Waals surface area contributed by atoms with Crippen molar-refractivity contribution in [3.8, 4) is 0 Å². The number of nitrogens with one attached hydrogen (secondary N) is 1. The van der Waals surface area contributed by atoms with Crippen molar-refractivity contribution in [1.82, 2.24) is 5.32 Å². The van der Waals surface area contributed by atoms with Crippen LogP contribution in [-0.4, -0.2) is 32.0 Å². The van der Waals surface area contributed by atoms with Crippen LogP contribution in [0.2, 0.25) is 5.02 Å². The van der Waals surface area contributed by atoms with Crippen molar-refractivity contribution in [1.29, 1.82) is 0 Å². The standard InChI is InChI=1S/C18H18ClNO3/c1-23-12-4-11-20-18(22)16-6-3-2-5-15(16)17(21)13-7-9-14(19)10-8-13/h2-3,5-10H,4,11-12H2,1H3,(H,20,22). The first-order valence-corrected chi connectivity index (χ1v) is 7.67. The molecule has 0 fully saturated rings. The number of carbonyl (C=O) groups excluding carboxylic acids is 2. The minimum Gasteiger partial charge on any atom is -0.385 e. The van der Waals surface area contributed by atoms with Gasteiger partial charge in [-0.25, -0.2) is 0 Å². The van der Waals surface area contributed by atoms with Crippen LogP contribution >= 0.6 is 11.6 Å². The fraction of sp³-hybridized carbons (Fsp3) is 0.222. The highest BCUT2D eigenvalue weighted by Gasteiger charge is 2.17. The Labute approximate surface area is 140 Å². The van der Waals surface area contributed by atoms with Gasteiger partial charge in [0.05, 0.1) is 5.56 Å². The van der Waals surface area contributed by atoms with Crippen LogP contribution in [0.15, 0.2) is 48.5 Å². The summed E-state index contributed by atoms with van der Waals surface area (Å²) in [6.07, 6.45) is 0.718. The van der Waals surface area contributed by atoms with E-state index >= 15 is 0 Å². The molecule has 23 heavy (non-hydrogen) atoms. The summed E-state index contributed by atoms with van der Waals surface area (Å²) < 4.78 is 4.94. The molecule has 0 saturated heterocycles. The Kier molecular flexibility index (Phi) is 6.32. The number of halogens is 1. The Hall–Kier alpha value is -2.17. The highest BCUT2D eigenvalue weighted by Crippen LogP contribution is 2.17. The van der Waals surface area contributed by atoms with E-state index in [9.17, 15) is 9.59 Å². The average molecular weight is 332 g/mol. The van der Waals surface area contributed by atoms with Crippen molar-refractivity contribution in [3.63, 3.8) is 0 Å². The fourth-order valence-corrected chi connectivity index (χ4v) is 2.28. The van der Waals surface area contributed by atoms with Crippen LogP contribution < -0.4 is 5.32 Å². The number of amides is 1. The zero-order valence-electron chi connectivity index (χ0n) is 12.8. The number of ether oxygens (including phenoxy) is 1. The molecule has 1 amide bonds. The summed E-state index contributed by atoms with van der Waals surface area (Å²) in [5.41, 5.74) is 1.23. The summed E-state index contributed by atoms with van der Waals surface area (Å²) in [6, 6.07) is 13.4. The zero-order chi connectivity index (χ0) is 16.7. The van der Waals surface area contributed by atoms with Gasteiger partial charge in [0.2, 0.25) is 0 Å². The Morgan fingerprint density at radius 1 is 1.04 bits per heavy atom. The molecule has 0 spiro atoms. The second-order valence-electron chi connectivity index (χ2n) is 4.98. The summed E-state index contributed by atoms with van der Waals surface area (Å²) in [6.45, 7) is 1.07. The molecule has 0 aliphatic heterocycles. The molecule has 0 aromatic heterocycles. The first kappa shape index (κ1) is 17.2. The minimum absolute atomic E-state index is 0.204. The van der Waals surface area contributed by atoms with E-state index in [2.05, 4.69) is 5.32 Å². The molecule has 2 aromatic rings. The van der Waals surface area contributed by atoms with Crippen LogP contribution in [0.25, 0.3) is 0 Å². The van der Waals surface area contributed by atoms with Crippen LogP contribution in [-0.2, 0) is 4.74 Å². The summed E-state index contributed by atoms with van der Waals surface area (Å²) in [4.78, 5) is 24.9. The van der Waals surface area contributed by atoms with Crippen LogP contribution in [0.1, 0.15) is 32.7 Å². The van der Waals surface area contributed by atoms with E-state index in [1.165, 1.54) is 0 Å². The molecule has 1 N–H and O–H groups in total. The molecule has 5 heteroatoms. The van der Waals surface area contributed by atoms with E-state index in [1.807, 2.05) is 0 Å². The molecule has 0 bridgehead atoms. The van der Waals surface area contributed by atoms with Crippen LogP contribution in [0.4, 0.5) is 0 Å². The monoisotopic (exact) mass is 331 g/mol. The van der Waals surface area contributed by atoms with Gasteiger partial charge >= 0.3 is 0 Å². The summed E-state index contributed by atoms with van der Waals surface area (Å²) >= 11 is 5.84. The SMILES string of the molecule is COCCCNC(=O)c1ccccc1C(=O)c1ccc(Cl)cc1. The number of benzene rings is 2. The van der Waals surface area contributed by atoms with Gasteiger partial charge in [0.15, 0.2) is 5.78 Å². The number of carbonyl (C=O) groups is 2. The van der Waals surface area contributed by atoms with E-state index < -0.39 is 0 Å². The van der Waals surface area contributed by atoms with E-state index in [-0.39, 0.29) is 11.7 Å². The van der Waals surface area contributed by atoms with Crippen molar-refractivity contribution in [3.05, 3.63) is 70.2 Å². The van der Waals surface area contributed by atoms with Crippen LogP contribution in [0.5, 0.6) is 0 Å². The molecule has 120 valence electrons. The molecule has 0 atom stereocenters. The van der Waals surface area contributed by atoms with Crippen molar-refractivity contribution in [2.45, 2.75) is 6.42 Å². The lowest BCUT2D eigenvalue weighted by Crippen LogP contribution is -2.27. The smallest absolute Gasteiger partial charge is 0.252 e. The molecule has 0 unspecified atom stereocenters. The lowest BCUT2D eigenvalue weighted by molar-refractivity contribution is 0.0937. The molecule has 0 aliphatic carbocycles. The molecule has 0 aliphatic rings. The van der Waals surface area contributed by atoms with Gasteiger partial charge in [-0.1, -0.05) is 29.8 Å². The fourth-order valence-electron chi connectivity index (χ4n) is 2.15. The average Bonchev–Trinajstić information content (AvgIpc) is 2.58. The van der Waals surface area contributed by atoms with Gasteiger partial charge in [-0.3, -0.25) is 9.59 Å². The van der Waals surface area contributed by atoms with E-state index in [0.717, 1.165) is 6.42 Å². The van der Waals surface area contributed by atoms with Crippen molar-refractivity contribution < 1.29 is 14.3 Å². The van der Waals surface area contributed by atoms with Crippen LogP contribution in [0.3, 0.4) is 0 Å².